The topological polar surface area (TPSA) is 115 Å². The van der Waals surface area contributed by atoms with Crippen LogP contribution in [-0.4, -0.2) is 69.9 Å². The number of hydrogen-bond acceptors (Lipinski definition) is 5. The van der Waals surface area contributed by atoms with Gasteiger partial charge < -0.3 is 30.2 Å². The number of amides is 2. The van der Waals surface area contributed by atoms with E-state index in [1.165, 1.54) is 0 Å². The number of fused-ring (bicyclic) bond motifs is 1. The lowest BCUT2D eigenvalue weighted by Crippen LogP contribution is -2.55. The van der Waals surface area contributed by atoms with Crippen LogP contribution in [-0.2, 0) is 16.0 Å². The molecule has 1 aliphatic carbocycles. The predicted molar refractivity (Wildman–Crippen MR) is 159 cm³/mol. The van der Waals surface area contributed by atoms with Gasteiger partial charge in [0.1, 0.15) is 18.0 Å². The van der Waals surface area contributed by atoms with Gasteiger partial charge in [-0.1, -0.05) is 36.4 Å². The Labute approximate surface area is 241 Å². The molecule has 4 N–H and O–H groups in total. The monoisotopic (exact) mass is 643 g/mol. The lowest BCUT2D eigenvalue weighted by Gasteiger charge is -2.40. The molecule has 2 amide bonds. The van der Waals surface area contributed by atoms with E-state index in [0.29, 0.717) is 30.7 Å². The van der Waals surface area contributed by atoms with Crippen LogP contribution in [0.5, 0.6) is 5.75 Å². The number of carbonyl (C=O) groups excluding carboxylic acids is 2. The fraction of sp³-hybridized carbons (Fsp3) is 0.333. The SMILES string of the molecule is C=CCCC(=O)N(CCc1cc2ccccc2[nH]1)[C@@H]1CC(C(=O)NCCO)=C[C@H](Oc2ccccc2I)[C@H]1O. The highest BCUT2D eigenvalue weighted by atomic mass is 127. The summed E-state index contributed by atoms with van der Waals surface area (Å²) in [6.45, 7) is 4.01. The Hall–Kier alpha value is -3.15. The molecule has 0 bridgehead atoms. The number of ether oxygens (including phenoxy) is 1. The second-order valence-electron chi connectivity index (χ2n) is 9.49. The number of halogens is 1. The molecule has 2 aromatic carbocycles. The highest BCUT2D eigenvalue weighted by molar-refractivity contribution is 14.1. The molecular formula is C30H34IN3O5. The standard InChI is InChI=1S/C30H34IN3O5/c1-2-3-12-28(36)34(15-13-22-17-20-8-4-6-10-24(20)33-22)25-18-21(30(38)32-14-16-35)19-27(29(25)37)39-26-11-7-5-9-23(26)31/h2,4-11,17,19,25,27,29,33,35,37H,1,3,12-16,18H2,(H,32,38)/t25-,27+,29+/m1/s1. The van der Waals surface area contributed by atoms with Crippen LogP contribution < -0.4 is 10.1 Å². The first-order chi connectivity index (χ1) is 18.9. The van der Waals surface area contributed by atoms with E-state index in [9.17, 15) is 19.8 Å². The number of rotatable bonds is 12. The van der Waals surface area contributed by atoms with E-state index in [1.807, 2.05) is 42.5 Å². The molecule has 39 heavy (non-hydrogen) atoms. The summed E-state index contributed by atoms with van der Waals surface area (Å²) in [5, 5.41) is 24.5. The molecule has 9 heteroatoms. The van der Waals surface area contributed by atoms with Gasteiger partial charge >= 0.3 is 0 Å². The molecule has 3 atom stereocenters. The number of aliphatic hydroxyl groups is 2. The number of nitrogens with zero attached hydrogens (tertiary/aromatic N) is 1. The Balaban J connectivity index is 1.63. The van der Waals surface area contributed by atoms with E-state index in [4.69, 9.17) is 4.74 Å². The first kappa shape index (κ1) is 28.8. The van der Waals surface area contributed by atoms with Crippen LogP contribution in [0, 0.1) is 3.57 Å². The third-order valence-electron chi connectivity index (χ3n) is 6.80. The molecule has 1 heterocycles. The normalized spacial score (nSPS) is 18.8. The molecular weight excluding hydrogens is 609 g/mol. The number of hydrogen-bond donors (Lipinski definition) is 4. The van der Waals surface area contributed by atoms with Gasteiger partial charge in [-0.3, -0.25) is 9.59 Å². The van der Waals surface area contributed by atoms with Crippen LogP contribution >= 0.6 is 22.6 Å². The van der Waals surface area contributed by atoms with Crippen molar-refractivity contribution < 1.29 is 24.5 Å². The molecule has 0 fully saturated rings. The molecule has 206 valence electrons. The highest BCUT2D eigenvalue weighted by Gasteiger charge is 2.40. The van der Waals surface area contributed by atoms with Crippen LogP contribution in [0.2, 0.25) is 0 Å². The molecule has 0 spiro atoms. The van der Waals surface area contributed by atoms with Crippen molar-refractivity contribution in [3.63, 3.8) is 0 Å². The van der Waals surface area contributed by atoms with Gasteiger partial charge in [0.05, 0.1) is 16.2 Å². The number of aromatic amines is 1. The number of allylic oxidation sites excluding steroid dienone is 1. The van der Waals surface area contributed by atoms with Gasteiger partial charge in [0.2, 0.25) is 11.8 Å². The summed E-state index contributed by atoms with van der Waals surface area (Å²) in [7, 11) is 0. The van der Waals surface area contributed by atoms with E-state index in [0.717, 1.165) is 20.2 Å². The molecule has 0 unspecified atom stereocenters. The largest absolute Gasteiger partial charge is 0.482 e. The van der Waals surface area contributed by atoms with Gasteiger partial charge in [0.15, 0.2) is 0 Å². The van der Waals surface area contributed by atoms with Gasteiger partial charge in [-0.25, -0.2) is 0 Å². The summed E-state index contributed by atoms with van der Waals surface area (Å²) < 4.78 is 7.07. The minimum absolute atomic E-state index is 0.105. The average molecular weight is 644 g/mol. The number of aromatic nitrogens is 1. The van der Waals surface area contributed by atoms with Gasteiger partial charge in [-0.2, -0.15) is 0 Å². The van der Waals surface area contributed by atoms with Crippen molar-refractivity contribution in [1.29, 1.82) is 0 Å². The van der Waals surface area contributed by atoms with E-state index in [2.05, 4.69) is 45.5 Å². The van der Waals surface area contributed by atoms with Gasteiger partial charge in [-0.15, -0.1) is 6.58 Å². The van der Waals surface area contributed by atoms with Gasteiger partial charge in [0.25, 0.3) is 0 Å². The molecule has 8 nitrogen and oxygen atoms in total. The summed E-state index contributed by atoms with van der Waals surface area (Å²) in [6, 6.07) is 16.8. The number of para-hydroxylation sites is 2. The molecule has 3 aromatic rings. The van der Waals surface area contributed by atoms with Crippen LogP contribution in [0.15, 0.2) is 78.9 Å². The zero-order valence-electron chi connectivity index (χ0n) is 21.7. The molecule has 0 saturated heterocycles. The zero-order chi connectivity index (χ0) is 27.8. The Morgan fingerprint density at radius 3 is 2.72 bits per heavy atom. The maximum atomic E-state index is 13.5. The smallest absolute Gasteiger partial charge is 0.247 e. The number of H-pyrrole nitrogens is 1. The first-order valence-electron chi connectivity index (χ1n) is 13.1. The van der Waals surface area contributed by atoms with Crippen molar-refractivity contribution in [3.8, 4) is 5.75 Å². The van der Waals surface area contributed by atoms with Crippen LogP contribution in [0.3, 0.4) is 0 Å². The summed E-state index contributed by atoms with van der Waals surface area (Å²) in [5.74, 6) is 0.100. The van der Waals surface area contributed by atoms with Crippen molar-refractivity contribution in [2.24, 2.45) is 0 Å². The predicted octanol–water partition coefficient (Wildman–Crippen LogP) is 3.73. The van der Waals surface area contributed by atoms with E-state index in [1.54, 1.807) is 23.1 Å². The summed E-state index contributed by atoms with van der Waals surface area (Å²) >= 11 is 2.16. The van der Waals surface area contributed by atoms with Gasteiger partial charge in [0, 0.05) is 49.1 Å². The molecule has 1 aliphatic rings. The number of nitrogens with one attached hydrogen (secondary N) is 2. The maximum Gasteiger partial charge on any atom is 0.247 e. The summed E-state index contributed by atoms with van der Waals surface area (Å²) in [4.78, 5) is 31.5. The Kier molecular flexibility index (Phi) is 10.2. The number of carbonyl (C=O) groups is 2. The van der Waals surface area contributed by atoms with E-state index in [-0.39, 0.29) is 37.8 Å². The van der Waals surface area contributed by atoms with Crippen molar-refractivity contribution in [3.05, 3.63) is 88.2 Å². The number of aliphatic hydroxyl groups excluding tert-OH is 2. The highest BCUT2D eigenvalue weighted by Crippen LogP contribution is 2.30. The lowest BCUT2D eigenvalue weighted by molar-refractivity contribution is -0.138. The van der Waals surface area contributed by atoms with Crippen LogP contribution in [0.1, 0.15) is 25.0 Å². The summed E-state index contributed by atoms with van der Waals surface area (Å²) in [6.07, 6.45) is 2.88. The van der Waals surface area contributed by atoms with E-state index >= 15 is 0 Å². The Bertz CT molecular complexity index is 1300. The Morgan fingerprint density at radius 1 is 1.21 bits per heavy atom. The molecule has 0 radical (unpaired) electrons. The quantitative estimate of drug-likeness (QED) is 0.178. The van der Waals surface area contributed by atoms with Crippen molar-refractivity contribution in [2.45, 2.75) is 43.9 Å². The summed E-state index contributed by atoms with van der Waals surface area (Å²) in [5.41, 5.74) is 2.40. The van der Waals surface area contributed by atoms with Gasteiger partial charge in [-0.05, 0) is 64.7 Å². The third kappa shape index (κ3) is 7.28. The lowest BCUT2D eigenvalue weighted by atomic mass is 9.87. The second kappa shape index (κ2) is 13.8. The molecule has 0 saturated carbocycles. The average Bonchev–Trinajstić information content (AvgIpc) is 3.36. The van der Waals surface area contributed by atoms with Crippen LogP contribution in [0.25, 0.3) is 10.9 Å². The second-order valence-corrected chi connectivity index (χ2v) is 10.7. The van der Waals surface area contributed by atoms with Crippen LogP contribution in [0.4, 0.5) is 0 Å². The maximum absolute atomic E-state index is 13.5. The minimum Gasteiger partial charge on any atom is -0.482 e. The fourth-order valence-corrected chi connectivity index (χ4v) is 5.33. The molecule has 4 rings (SSSR count). The first-order valence-corrected chi connectivity index (χ1v) is 14.1. The van der Waals surface area contributed by atoms with Crippen molar-refractivity contribution >= 4 is 45.3 Å². The fourth-order valence-electron chi connectivity index (χ4n) is 4.82. The molecule has 1 aromatic heterocycles. The van der Waals surface area contributed by atoms with E-state index < -0.39 is 18.2 Å². The van der Waals surface area contributed by atoms with Crippen molar-refractivity contribution in [2.75, 3.05) is 19.7 Å². The zero-order valence-corrected chi connectivity index (χ0v) is 23.8. The van der Waals surface area contributed by atoms with Crippen molar-refractivity contribution in [1.82, 2.24) is 15.2 Å². The number of benzene rings is 2. The Morgan fingerprint density at radius 2 is 1.97 bits per heavy atom. The minimum atomic E-state index is -1.06. The third-order valence-corrected chi connectivity index (χ3v) is 7.70. The molecule has 0 aliphatic heterocycles.